The van der Waals surface area contributed by atoms with Gasteiger partial charge >= 0.3 is 0 Å². The topological polar surface area (TPSA) is 6.48 Å². The second kappa shape index (κ2) is 12.4. The Labute approximate surface area is 355 Å². The van der Waals surface area contributed by atoms with E-state index in [4.69, 9.17) is 4.11 Å². The highest BCUT2D eigenvalue weighted by atomic mass is 15.2. The highest BCUT2D eigenvalue weighted by molar-refractivity contribution is 7.00. The summed E-state index contributed by atoms with van der Waals surface area (Å²) in [6.07, 6.45) is 4.51. The summed E-state index contributed by atoms with van der Waals surface area (Å²) < 4.78 is 27.1. The highest BCUT2D eigenvalue weighted by Gasteiger charge is 2.47. The van der Waals surface area contributed by atoms with Crippen LogP contribution in [0.1, 0.15) is 166 Å². The lowest BCUT2D eigenvalue weighted by Gasteiger charge is -2.48. The van der Waals surface area contributed by atoms with Crippen molar-refractivity contribution in [1.29, 1.82) is 0 Å². The van der Waals surface area contributed by atoms with Crippen molar-refractivity contribution in [2.24, 2.45) is 0 Å². The number of aryl methyl sites for hydroxylation is 1. The van der Waals surface area contributed by atoms with E-state index >= 15 is 0 Å². The first-order valence-electron chi connectivity index (χ1n) is 23.5. The summed E-state index contributed by atoms with van der Waals surface area (Å²) in [5.74, 6) is 0. The Balaban J connectivity index is 1.44. The maximum absolute atomic E-state index is 9.03. The first-order chi connectivity index (χ1) is 28.1. The molecule has 0 spiro atoms. The summed E-state index contributed by atoms with van der Waals surface area (Å²) in [5, 5.41) is 0. The molecule has 0 atom stereocenters. The van der Waals surface area contributed by atoms with E-state index in [0.29, 0.717) is 5.56 Å². The van der Waals surface area contributed by atoms with E-state index in [-0.39, 0.29) is 39.2 Å². The molecule has 3 heteroatoms. The second-order valence-corrected chi connectivity index (χ2v) is 23.1. The molecule has 0 fully saturated rings. The van der Waals surface area contributed by atoms with Crippen LogP contribution in [0.3, 0.4) is 0 Å². The van der Waals surface area contributed by atoms with Crippen LogP contribution in [0.2, 0.25) is 0 Å². The van der Waals surface area contributed by atoms with Crippen molar-refractivity contribution in [3.05, 3.63) is 124 Å². The monoisotopic (exact) mass is 770 g/mol. The minimum absolute atomic E-state index is 0.00240. The number of fused-ring (bicyclic) bond motifs is 6. The molecule has 5 aromatic rings. The summed E-state index contributed by atoms with van der Waals surface area (Å²) in [7, 11) is 0. The Bertz CT molecular complexity index is 2630. The van der Waals surface area contributed by atoms with Gasteiger partial charge < -0.3 is 9.80 Å². The van der Waals surface area contributed by atoms with Gasteiger partial charge in [0.15, 0.2) is 0 Å². The maximum Gasteiger partial charge on any atom is 0.252 e. The zero-order valence-electron chi connectivity index (χ0n) is 40.9. The summed E-state index contributed by atoms with van der Waals surface area (Å²) in [4.78, 5) is 4.87. The van der Waals surface area contributed by atoms with Gasteiger partial charge in [-0.1, -0.05) is 133 Å². The van der Waals surface area contributed by atoms with Crippen molar-refractivity contribution < 1.29 is 4.11 Å². The van der Waals surface area contributed by atoms with Crippen LogP contribution in [0, 0.1) is 6.85 Å². The zero-order chi connectivity index (χ0) is 44.2. The Morgan fingerprint density at radius 2 is 0.983 bits per heavy atom. The molecule has 4 aliphatic rings. The van der Waals surface area contributed by atoms with Gasteiger partial charge in [-0.3, -0.25) is 0 Å². The third-order valence-corrected chi connectivity index (χ3v) is 15.0. The molecule has 0 amide bonds. The van der Waals surface area contributed by atoms with Gasteiger partial charge in [-0.25, -0.2) is 0 Å². The first-order valence-corrected chi connectivity index (χ1v) is 22.0. The molecule has 9 rings (SSSR count). The molecule has 0 radical (unpaired) electrons. The number of rotatable bonds is 2. The fraction of sp³-hybridized carbons (Fsp3) is 0.455. The van der Waals surface area contributed by atoms with Crippen LogP contribution in [0.5, 0.6) is 0 Å². The summed E-state index contributed by atoms with van der Waals surface area (Å²) >= 11 is 0. The number of anilines is 6. The number of nitrogens with zero attached hydrogens (tertiary/aromatic N) is 2. The van der Waals surface area contributed by atoms with Crippen LogP contribution in [-0.2, 0) is 32.5 Å². The van der Waals surface area contributed by atoms with Gasteiger partial charge in [-0.15, -0.1) is 0 Å². The van der Waals surface area contributed by atoms with Crippen molar-refractivity contribution in [3.63, 3.8) is 0 Å². The minimum Gasteiger partial charge on any atom is -0.311 e. The maximum atomic E-state index is 9.03. The molecule has 2 aliphatic carbocycles. The Morgan fingerprint density at radius 1 is 0.483 bits per heavy atom. The summed E-state index contributed by atoms with van der Waals surface area (Å²) in [5.41, 5.74) is 18.5. The standard InChI is InChI=1S/C55H67BN2/c1-34-27-47-49-48(28-34)58(38-20-21-39-40(31-38)53(10,11)24-23-52(39,8)9)46-33-42-41(54(12,13)25-26-55(42,14)15)32-44(46)56(49)43-22-19-36(51(5,6)7)30-45(43)57(47)37-18-16-17-35(29-37)50(2,3)4/h16-22,27-33H,23-26H2,1-15H3/i1D3. The normalized spacial score (nSPS) is 20.4. The lowest BCUT2D eigenvalue weighted by molar-refractivity contribution is 0.332. The molecule has 0 unspecified atom stereocenters. The van der Waals surface area contributed by atoms with Crippen LogP contribution in [-0.4, -0.2) is 6.71 Å². The lowest BCUT2D eigenvalue weighted by atomic mass is 9.33. The lowest BCUT2D eigenvalue weighted by Crippen LogP contribution is -2.62. The van der Waals surface area contributed by atoms with Crippen LogP contribution in [0.4, 0.5) is 34.1 Å². The average molecular weight is 770 g/mol. The van der Waals surface area contributed by atoms with E-state index in [0.717, 1.165) is 59.8 Å². The molecule has 0 N–H and O–H groups in total. The van der Waals surface area contributed by atoms with Crippen molar-refractivity contribution in [2.75, 3.05) is 9.80 Å². The van der Waals surface area contributed by atoms with Crippen LogP contribution in [0.25, 0.3) is 0 Å². The highest BCUT2D eigenvalue weighted by Crippen LogP contribution is 2.53. The van der Waals surface area contributed by atoms with Crippen LogP contribution >= 0.6 is 0 Å². The van der Waals surface area contributed by atoms with Gasteiger partial charge in [-0.05, 0) is 169 Å². The minimum atomic E-state index is -2.33. The molecule has 2 heterocycles. The largest absolute Gasteiger partial charge is 0.311 e. The van der Waals surface area contributed by atoms with E-state index in [1.54, 1.807) is 0 Å². The van der Waals surface area contributed by atoms with E-state index in [1.807, 2.05) is 12.1 Å². The SMILES string of the molecule is [2H]C([2H])([2H])c1cc2c3c(c1)N(c1ccc4c(c1)C(C)(C)CCC4(C)C)c1cc4c(cc1B3c1ccc(C(C)(C)C)cc1N2c1cccc(C(C)(C)C)c1)C(C)(C)CCC4(C)C. The Hall–Kier alpha value is -4.24. The van der Waals surface area contributed by atoms with Crippen LogP contribution < -0.4 is 26.2 Å². The van der Waals surface area contributed by atoms with Gasteiger partial charge in [0.2, 0.25) is 0 Å². The molecule has 5 aromatic carbocycles. The smallest absolute Gasteiger partial charge is 0.252 e. The molecule has 300 valence electrons. The number of hydrogen-bond acceptors (Lipinski definition) is 2. The van der Waals surface area contributed by atoms with Gasteiger partial charge in [-0.2, -0.15) is 0 Å². The molecule has 0 aromatic heterocycles. The quantitative estimate of drug-likeness (QED) is 0.162. The summed E-state index contributed by atoms with van der Waals surface area (Å²) in [6.45, 7) is 30.5. The van der Waals surface area contributed by atoms with Crippen molar-refractivity contribution >= 4 is 57.2 Å². The number of benzene rings is 5. The van der Waals surface area contributed by atoms with Crippen molar-refractivity contribution in [2.45, 2.75) is 162 Å². The molecule has 2 nitrogen and oxygen atoms in total. The van der Waals surface area contributed by atoms with Gasteiger partial charge in [0.1, 0.15) is 0 Å². The fourth-order valence-electron chi connectivity index (χ4n) is 10.9. The summed E-state index contributed by atoms with van der Waals surface area (Å²) in [6, 6.07) is 32.3. The second-order valence-electron chi connectivity index (χ2n) is 23.1. The van der Waals surface area contributed by atoms with E-state index in [2.05, 4.69) is 180 Å². The van der Waals surface area contributed by atoms with E-state index < -0.39 is 6.85 Å². The third kappa shape index (κ3) is 5.95. The van der Waals surface area contributed by atoms with E-state index in [1.165, 1.54) is 49.8 Å². The Morgan fingerprint density at radius 3 is 1.55 bits per heavy atom. The predicted molar refractivity (Wildman–Crippen MR) is 253 cm³/mol. The van der Waals surface area contributed by atoms with Crippen molar-refractivity contribution in [3.8, 4) is 0 Å². The molecule has 0 saturated carbocycles. The van der Waals surface area contributed by atoms with Crippen LogP contribution in [0.15, 0.2) is 84.9 Å². The molecule has 0 saturated heterocycles. The average Bonchev–Trinajstić information content (AvgIpc) is 3.16. The van der Waals surface area contributed by atoms with Gasteiger partial charge in [0, 0.05) is 38.2 Å². The molecule has 2 aliphatic heterocycles. The first kappa shape index (κ1) is 35.7. The predicted octanol–water partition coefficient (Wildman–Crippen LogP) is 13.4. The third-order valence-electron chi connectivity index (χ3n) is 15.0. The van der Waals surface area contributed by atoms with E-state index in [9.17, 15) is 0 Å². The zero-order valence-corrected chi connectivity index (χ0v) is 37.9. The van der Waals surface area contributed by atoms with Gasteiger partial charge in [0.05, 0.1) is 0 Å². The molecule has 0 bridgehead atoms. The fourth-order valence-corrected chi connectivity index (χ4v) is 10.9. The Kier molecular flexibility index (Phi) is 7.63. The molecular weight excluding hydrogens is 699 g/mol. The molecular formula is C55H67BN2. The van der Waals surface area contributed by atoms with Gasteiger partial charge in [0.25, 0.3) is 6.71 Å². The molecule has 58 heavy (non-hydrogen) atoms. The number of hydrogen-bond donors (Lipinski definition) is 0. The van der Waals surface area contributed by atoms with Crippen molar-refractivity contribution in [1.82, 2.24) is 0 Å².